The number of nitrogens with zero attached hydrogens (tertiary/aromatic N) is 1. The fourth-order valence-corrected chi connectivity index (χ4v) is 2.87. The quantitative estimate of drug-likeness (QED) is 0.345. The summed E-state index contributed by atoms with van der Waals surface area (Å²) in [6.07, 6.45) is -7.70. The third-order valence-corrected chi connectivity index (χ3v) is 4.13. The van der Waals surface area contributed by atoms with Gasteiger partial charge in [0.05, 0.1) is 0 Å². The third kappa shape index (κ3) is 8.67. The van der Waals surface area contributed by atoms with Crippen molar-refractivity contribution in [2.24, 2.45) is 0 Å². The van der Waals surface area contributed by atoms with Gasteiger partial charge in [0.2, 0.25) is 12.4 Å². The van der Waals surface area contributed by atoms with Gasteiger partial charge >= 0.3 is 30.0 Å². The Labute approximate surface area is 184 Å². The first-order valence-electron chi connectivity index (χ1n) is 9.79. The largest absolute Gasteiger partial charge is 0.463 e. The summed E-state index contributed by atoms with van der Waals surface area (Å²) in [5.74, 6) is -3.06. The molecule has 0 saturated carbocycles. The van der Waals surface area contributed by atoms with Crippen molar-refractivity contribution in [2.75, 3.05) is 26.8 Å². The van der Waals surface area contributed by atoms with Gasteiger partial charge in [0.1, 0.15) is 12.7 Å². The van der Waals surface area contributed by atoms with Gasteiger partial charge < -0.3 is 38.4 Å². The predicted molar refractivity (Wildman–Crippen MR) is 103 cm³/mol. The van der Waals surface area contributed by atoms with Crippen LogP contribution in [0.25, 0.3) is 0 Å². The first kappa shape index (κ1) is 27.1. The van der Waals surface area contributed by atoms with Crippen molar-refractivity contribution in [1.82, 2.24) is 4.90 Å². The summed E-state index contributed by atoms with van der Waals surface area (Å²) in [7, 11) is 1.41. The Morgan fingerprint density at radius 1 is 0.812 bits per heavy atom. The molecule has 32 heavy (non-hydrogen) atoms. The normalized spacial score (nSPS) is 24.6. The lowest BCUT2D eigenvalue weighted by Crippen LogP contribution is -2.63. The first-order valence-corrected chi connectivity index (χ1v) is 9.79. The first-order chi connectivity index (χ1) is 15.0. The van der Waals surface area contributed by atoms with Crippen molar-refractivity contribution >= 4 is 30.0 Å². The number of esters is 4. The SMILES string of the molecule is CC(=O)OC[C@H]1O[C@@H](OC(=O)N(C)CCCO)[C@H](OC(C)=O)[C@@H](OC(C)=O)[C@H]1OC(C)=O. The van der Waals surface area contributed by atoms with E-state index in [1.54, 1.807) is 0 Å². The molecule has 1 heterocycles. The number of hydrogen-bond acceptors (Lipinski definition) is 12. The van der Waals surface area contributed by atoms with E-state index in [9.17, 15) is 24.0 Å². The van der Waals surface area contributed by atoms with Crippen LogP contribution in [0.4, 0.5) is 4.79 Å². The van der Waals surface area contributed by atoms with Crippen LogP contribution in [0.3, 0.4) is 0 Å². The average molecular weight is 463 g/mol. The zero-order chi connectivity index (χ0) is 24.4. The molecule has 1 aliphatic heterocycles. The van der Waals surface area contributed by atoms with Crippen molar-refractivity contribution in [3.63, 3.8) is 0 Å². The smallest absolute Gasteiger partial charge is 0.411 e. The minimum Gasteiger partial charge on any atom is -0.463 e. The number of hydrogen-bond donors (Lipinski definition) is 1. The third-order valence-electron chi connectivity index (χ3n) is 4.13. The molecule has 0 aliphatic carbocycles. The number of ether oxygens (including phenoxy) is 6. The Balaban J connectivity index is 3.29. The maximum absolute atomic E-state index is 12.4. The number of amides is 1. The predicted octanol–water partition coefficient (Wildman–Crippen LogP) is -0.480. The van der Waals surface area contributed by atoms with Crippen LogP contribution in [0.1, 0.15) is 34.1 Å². The van der Waals surface area contributed by atoms with Crippen LogP contribution in [0, 0.1) is 0 Å². The van der Waals surface area contributed by atoms with E-state index < -0.39 is 67.3 Å². The molecule has 1 rings (SSSR count). The van der Waals surface area contributed by atoms with Crippen LogP contribution in [0.15, 0.2) is 0 Å². The van der Waals surface area contributed by atoms with E-state index in [4.69, 9.17) is 33.5 Å². The van der Waals surface area contributed by atoms with Gasteiger partial charge in [0.25, 0.3) is 0 Å². The molecular formula is C19H29NO12. The Kier molecular flexibility index (Phi) is 10.9. The fraction of sp³-hybridized carbons (Fsp3) is 0.737. The molecule has 0 unspecified atom stereocenters. The van der Waals surface area contributed by atoms with E-state index in [0.717, 1.165) is 32.6 Å². The molecule has 1 saturated heterocycles. The number of aliphatic hydroxyl groups excluding tert-OH is 1. The fourth-order valence-electron chi connectivity index (χ4n) is 2.87. The monoisotopic (exact) mass is 463 g/mol. The van der Waals surface area contributed by atoms with E-state index >= 15 is 0 Å². The van der Waals surface area contributed by atoms with Crippen molar-refractivity contribution in [3.8, 4) is 0 Å². The van der Waals surface area contributed by atoms with E-state index in [1.807, 2.05) is 0 Å². The lowest BCUT2D eigenvalue weighted by molar-refractivity contribution is -0.295. The molecule has 1 N–H and O–H groups in total. The van der Waals surface area contributed by atoms with Gasteiger partial charge in [-0.15, -0.1) is 0 Å². The molecule has 5 atom stereocenters. The maximum atomic E-state index is 12.4. The Morgan fingerprint density at radius 2 is 1.34 bits per heavy atom. The van der Waals surface area contributed by atoms with Gasteiger partial charge in [-0.25, -0.2) is 4.79 Å². The highest BCUT2D eigenvalue weighted by atomic mass is 16.8. The highest BCUT2D eigenvalue weighted by molar-refractivity contribution is 5.69. The zero-order valence-electron chi connectivity index (χ0n) is 18.6. The molecular weight excluding hydrogens is 434 g/mol. The summed E-state index contributed by atoms with van der Waals surface area (Å²) in [4.78, 5) is 60.0. The highest BCUT2D eigenvalue weighted by Crippen LogP contribution is 2.30. The van der Waals surface area contributed by atoms with Crippen molar-refractivity contribution in [3.05, 3.63) is 0 Å². The Bertz CT molecular complexity index is 696. The molecule has 1 aliphatic rings. The van der Waals surface area contributed by atoms with Gasteiger partial charge in [0, 0.05) is 47.9 Å². The van der Waals surface area contributed by atoms with Crippen molar-refractivity contribution < 1.29 is 57.5 Å². The molecule has 13 heteroatoms. The summed E-state index contributed by atoms with van der Waals surface area (Å²) < 4.78 is 31.5. The number of carbonyl (C=O) groups is 5. The molecule has 13 nitrogen and oxygen atoms in total. The Morgan fingerprint density at radius 3 is 1.84 bits per heavy atom. The molecule has 0 radical (unpaired) electrons. The minimum absolute atomic E-state index is 0.153. The van der Waals surface area contributed by atoms with Gasteiger partial charge in [-0.1, -0.05) is 0 Å². The second-order valence-electron chi connectivity index (χ2n) is 6.95. The van der Waals surface area contributed by atoms with E-state index in [0.29, 0.717) is 0 Å². The van der Waals surface area contributed by atoms with Crippen molar-refractivity contribution in [2.45, 2.75) is 64.8 Å². The van der Waals surface area contributed by atoms with Crippen molar-refractivity contribution in [1.29, 1.82) is 0 Å². The lowest BCUT2D eigenvalue weighted by atomic mass is 9.98. The standard InChI is InChI=1S/C19H29NO12/c1-10(22)27-9-14-15(28-11(2)23)16(29-12(3)24)17(30-13(4)25)18(31-14)32-19(26)20(5)7-6-8-21/h14-18,21H,6-9H2,1-5H3/t14-,15+,16+,17-,18+/m1/s1. The van der Waals surface area contributed by atoms with Gasteiger partial charge in [-0.05, 0) is 6.42 Å². The minimum atomic E-state index is -1.60. The zero-order valence-corrected chi connectivity index (χ0v) is 18.6. The molecule has 0 aromatic heterocycles. The lowest BCUT2D eigenvalue weighted by Gasteiger charge is -2.43. The summed E-state index contributed by atoms with van der Waals surface area (Å²) >= 11 is 0. The van der Waals surface area contributed by atoms with Gasteiger partial charge in [-0.2, -0.15) is 0 Å². The summed E-state index contributed by atoms with van der Waals surface area (Å²) in [5, 5.41) is 8.93. The van der Waals surface area contributed by atoms with Gasteiger partial charge in [0.15, 0.2) is 12.2 Å². The molecule has 0 aromatic carbocycles. The number of rotatable bonds is 9. The second kappa shape index (κ2) is 12.8. The van der Waals surface area contributed by atoms with Crippen LogP contribution in [-0.2, 0) is 47.6 Å². The summed E-state index contributed by atoms with van der Waals surface area (Å²) in [5.41, 5.74) is 0. The summed E-state index contributed by atoms with van der Waals surface area (Å²) in [6, 6.07) is 0. The molecule has 1 amide bonds. The topological polar surface area (TPSA) is 164 Å². The number of aliphatic hydroxyl groups is 1. The van der Waals surface area contributed by atoms with E-state index in [-0.39, 0.29) is 19.6 Å². The summed E-state index contributed by atoms with van der Waals surface area (Å²) in [6.45, 7) is 3.95. The van der Waals surface area contributed by atoms with Gasteiger partial charge in [-0.3, -0.25) is 19.2 Å². The van der Waals surface area contributed by atoms with Crippen LogP contribution in [-0.4, -0.2) is 97.5 Å². The molecule has 0 aromatic rings. The van der Waals surface area contributed by atoms with Crippen LogP contribution < -0.4 is 0 Å². The molecule has 0 spiro atoms. The molecule has 0 bridgehead atoms. The second-order valence-corrected chi connectivity index (χ2v) is 6.95. The van der Waals surface area contributed by atoms with Crippen LogP contribution in [0.2, 0.25) is 0 Å². The molecule has 1 fully saturated rings. The van der Waals surface area contributed by atoms with E-state index in [1.165, 1.54) is 7.05 Å². The van der Waals surface area contributed by atoms with Crippen LogP contribution >= 0.6 is 0 Å². The Hall–Kier alpha value is -2.93. The number of carbonyl (C=O) groups excluding carboxylic acids is 5. The maximum Gasteiger partial charge on any atom is 0.411 e. The molecule has 182 valence electrons. The van der Waals surface area contributed by atoms with E-state index in [2.05, 4.69) is 0 Å². The van der Waals surface area contributed by atoms with Crippen LogP contribution in [0.5, 0.6) is 0 Å². The highest BCUT2D eigenvalue weighted by Gasteiger charge is 2.54. The average Bonchev–Trinajstić information content (AvgIpc) is 2.67.